The highest BCUT2D eigenvalue weighted by Gasteiger charge is 2.23. The average Bonchev–Trinajstić information content (AvgIpc) is 2.47. The van der Waals surface area contributed by atoms with Crippen molar-refractivity contribution >= 4 is 10.0 Å². The van der Waals surface area contributed by atoms with Crippen molar-refractivity contribution in [3.8, 4) is 5.75 Å². The molecule has 0 spiro atoms. The van der Waals surface area contributed by atoms with E-state index in [1.807, 2.05) is 0 Å². The summed E-state index contributed by atoms with van der Waals surface area (Å²) in [6, 6.07) is 8.06. The number of nitrogens with one attached hydrogen (secondary N) is 1. The summed E-state index contributed by atoms with van der Waals surface area (Å²) in [4.78, 5) is -0.288. The number of hydrogen-bond donors (Lipinski definition) is 1. The van der Waals surface area contributed by atoms with Gasteiger partial charge in [-0.15, -0.1) is 0 Å². The SMILES string of the molecule is COc1ccc(F)cc1S(=O)(=O)N[C@@H](C)c1ccc(F)cc1. The monoisotopic (exact) mass is 327 g/mol. The van der Waals surface area contributed by atoms with Crippen molar-refractivity contribution in [1.29, 1.82) is 0 Å². The molecule has 0 saturated carbocycles. The fraction of sp³-hybridized carbons (Fsp3) is 0.200. The van der Waals surface area contributed by atoms with Crippen molar-refractivity contribution in [2.45, 2.75) is 17.9 Å². The van der Waals surface area contributed by atoms with E-state index in [1.54, 1.807) is 6.92 Å². The van der Waals surface area contributed by atoms with Crippen LogP contribution >= 0.6 is 0 Å². The summed E-state index contributed by atoms with van der Waals surface area (Å²) in [5, 5.41) is 0. The number of ether oxygens (including phenoxy) is 1. The topological polar surface area (TPSA) is 55.4 Å². The highest BCUT2D eigenvalue weighted by Crippen LogP contribution is 2.26. The van der Waals surface area contributed by atoms with E-state index in [-0.39, 0.29) is 10.6 Å². The molecule has 0 aliphatic carbocycles. The molecule has 0 aromatic heterocycles. The molecule has 1 atom stereocenters. The van der Waals surface area contributed by atoms with Crippen molar-refractivity contribution < 1.29 is 21.9 Å². The fourth-order valence-electron chi connectivity index (χ4n) is 1.98. The highest BCUT2D eigenvalue weighted by atomic mass is 32.2. The lowest BCUT2D eigenvalue weighted by Gasteiger charge is -2.16. The third kappa shape index (κ3) is 3.61. The number of hydrogen-bond acceptors (Lipinski definition) is 3. The number of methoxy groups -OCH3 is 1. The van der Waals surface area contributed by atoms with Gasteiger partial charge in [0, 0.05) is 6.04 Å². The molecule has 2 rings (SSSR count). The van der Waals surface area contributed by atoms with Crippen LogP contribution in [0.15, 0.2) is 47.4 Å². The summed E-state index contributed by atoms with van der Waals surface area (Å²) in [5.41, 5.74) is 0.584. The molecule has 1 N–H and O–H groups in total. The molecular weight excluding hydrogens is 312 g/mol. The van der Waals surface area contributed by atoms with Crippen LogP contribution in [0.2, 0.25) is 0 Å². The van der Waals surface area contributed by atoms with Crippen LogP contribution in [0, 0.1) is 11.6 Å². The Hall–Kier alpha value is -1.99. The van der Waals surface area contributed by atoms with E-state index in [4.69, 9.17) is 4.74 Å². The van der Waals surface area contributed by atoms with E-state index < -0.39 is 27.7 Å². The van der Waals surface area contributed by atoms with E-state index >= 15 is 0 Å². The molecule has 0 fully saturated rings. The fourth-order valence-corrected chi connectivity index (χ4v) is 3.39. The quantitative estimate of drug-likeness (QED) is 0.918. The number of benzene rings is 2. The first-order chi connectivity index (χ1) is 10.3. The van der Waals surface area contributed by atoms with Crippen LogP contribution in [0.1, 0.15) is 18.5 Å². The molecule has 0 aliphatic rings. The minimum atomic E-state index is -3.99. The van der Waals surface area contributed by atoms with Gasteiger partial charge in [0.15, 0.2) is 0 Å². The minimum Gasteiger partial charge on any atom is -0.495 e. The summed E-state index contributed by atoms with van der Waals surface area (Å²) in [5.74, 6) is -1.05. The van der Waals surface area contributed by atoms with E-state index in [1.165, 1.54) is 37.4 Å². The number of rotatable bonds is 5. The molecule has 118 valence electrons. The van der Waals surface area contributed by atoms with Crippen LogP contribution in [-0.4, -0.2) is 15.5 Å². The van der Waals surface area contributed by atoms with Crippen LogP contribution in [0.4, 0.5) is 8.78 Å². The normalized spacial score (nSPS) is 12.9. The van der Waals surface area contributed by atoms with Gasteiger partial charge >= 0.3 is 0 Å². The van der Waals surface area contributed by atoms with E-state index in [9.17, 15) is 17.2 Å². The van der Waals surface area contributed by atoms with Crippen molar-refractivity contribution in [3.05, 3.63) is 59.7 Å². The summed E-state index contributed by atoms with van der Waals surface area (Å²) in [6.45, 7) is 1.61. The molecular formula is C15H15F2NO3S. The Morgan fingerprint density at radius 1 is 1.05 bits per heavy atom. The van der Waals surface area contributed by atoms with Gasteiger partial charge in [0.05, 0.1) is 7.11 Å². The lowest BCUT2D eigenvalue weighted by molar-refractivity contribution is 0.400. The Balaban J connectivity index is 2.31. The van der Waals surface area contributed by atoms with Gasteiger partial charge in [0.25, 0.3) is 0 Å². The van der Waals surface area contributed by atoms with Gasteiger partial charge in [0.2, 0.25) is 10.0 Å². The maximum absolute atomic E-state index is 13.3. The van der Waals surface area contributed by atoms with E-state index in [0.29, 0.717) is 5.56 Å². The van der Waals surface area contributed by atoms with Crippen LogP contribution in [-0.2, 0) is 10.0 Å². The zero-order valence-electron chi connectivity index (χ0n) is 12.0. The zero-order valence-corrected chi connectivity index (χ0v) is 12.8. The van der Waals surface area contributed by atoms with Gasteiger partial charge in [-0.05, 0) is 42.8 Å². The lowest BCUT2D eigenvalue weighted by atomic mass is 10.1. The third-order valence-corrected chi connectivity index (χ3v) is 4.68. The first-order valence-electron chi connectivity index (χ1n) is 6.45. The summed E-state index contributed by atoms with van der Waals surface area (Å²) >= 11 is 0. The predicted molar refractivity (Wildman–Crippen MR) is 78.1 cm³/mol. The second-order valence-corrected chi connectivity index (χ2v) is 6.37. The Kier molecular flexibility index (Phi) is 4.77. The van der Waals surface area contributed by atoms with Gasteiger partial charge in [-0.2, -0.15) is 0 Å². The zero-order chi connectivity index (χ0) is 16.3. The standard InChI is InChI=1S/C15H15F2NO3S/c1-10(11-3-5-12(16)6-4-11)18-22(19,20)15-9-13(17)7-8-14(15)21-2/h3-10,18H,1-2H3/t10-/m0/s1. The van der Waals surface area contributed by atoms with Crippen LogP contribution < -0.4 is 9.46 Å². The third-order valence-electron chi connectivity index (χ3n) is 3.12. The molecule has 0 bridgehead atoms. The second-order valence-electron chi connectivity index (χ2n) is 4.69. The van der Waals surface area contributed by atoms with Crippen molar-refractivity contribution in [3.63, 3.8) is 0 Å². The molecule has 2 aromatic carbocycles. The lowest BCUT2D eigenvalue weighted by Crippen LogP contribution is -2.27. The van der Waals surface area contributed by atoms with Crippen LogP contribution in [0.3, 0.4) is 0 Å². The van der Waals surface area contributed by atoms with Crippen molar-refractivity contribution in [2.75, 3.05) is 7.11 Å². The summed E-state index contributed by atoms with van der Waals surface area (Å²) in [6.07, 6.45) is 0. The van der Waals surface area contributed by atoms with E-state index in [2.05, 4.69) is 4.72 Å². The van der Waals surface area contributed by atoms with Gasteiger partial charge in [-0.3, -0.25) is 0 Å². The molecule has 0 aliphatic heterocycles. The largest absolute Gasteiger partial charge is 0.495 e. The summed E-state index contributed by atoms with van der Waals surface area (Å²) in [7, 11) is -2.69. The smallest absolute Gasteiger partial charge is 0.244 e. The van der Waals surface area contributed by atoms with Gasteiger partial charge in [0.1, 0.15) is 22.3 Å². The van der Waals surface area contributed by atoms with Gasteiger partial charge in [-0.1, -0.05) is 12.1 Å². The first kappa shape index (κ1) is 16.4. The molecule has 7 heteroatoms. The number of sulfonamides is 1. The maximum atomic E-state index is 13.3. The molecule has 0 saturated heterocycles. The van der Waals surface area contributed by atoms with Gasteiger partial charge in [-0.25, -0.2) is 21.9 Å². The van der Waals surface area contributed by atoms with Crippen LogP contribution in [0.25, 0.3) is 0 Å². The molecule has 0 amide bonds. The molecule has 22 heavy (non-hydrogen) atoms. The molecule has 0 unspecified atom stereocenters. The Morgan fingerprint density at radius 3 is 2.23 bits per heavy atom. The van der Waals surface area contributed by atoms with E-state index in [0.717, 1.165) is 12.1 Å². The minimum absolute atomic E-state index is 0.0419. The van der Waals surface area contributed by atoms with Crippen LogP contribution in [0.5, 0.6) is 5.75 Å². The maximum Gasteiger partial charge on any atom is 0.244 e. The molecule has 2 aromatic rings. The van der Waals surface area contributed by atoms with Crippen molar-refractivity contribution in [1.82, 2.24) is 4.72 Å². The molecule has 4 nitrogen and oxygen atoms in total. The average molecular weight is 327 g/mol. The van der Waals surface area contributed by atoms with Crippen molar-refractivity contribution in [2.24, 2.45) is 0 Å². The molecule has 0 radical (unpaired) electrons. The Labute approximate surface area is 127 Å². The van der Waals surface area contributed by atoms with Gasteiger partial charge < -0.3 is 4.74 Å². The highest BCUT2D eigenvalue weighted by molar-refractivity contribution is 7.89. The summed E-state index contributed by atoms with van der Waals surface area (Å²) < 4.78 is 58.4. The second kappa shape index (κ2) is 6.41. The predicted octanol–water partition coefficient (Wildman–Crippen LogP) is 3.01. The molecule has 0 heterocycles. The first-order valence-corrected chi connectivity index (χ1v) is 7.93. The Bertz CT molecular complexity index is 761. The number of halogens is 2. The Morgan fingerprint density at radius 2 is 1.64 bits per heavy atom.